The van der Waals surface area contributed by atoms with Crippen LogP contribution in [0.4, 0.5) is 4.79 Å². The fraction of sp³-hybridized carbons (Fsp3) is 0.464. The minimum absolute atomic E-state index is 0.00943. The molecule has 7 heteroatoms. The summed E-state index contributed by atoms with van der Waals surface area (Å²) in [6.07, 6.45) is 3.35. The van der Waals surface area contributed by atoms with Crippen molar-refractivity contribution >= 4 is 18.0 Å². The van der Waals surface area contributed by atoms with Crippen molar-refractivity contribution in [3.8, 4) is 11.1 Å². The lowest BCUT2D eigenvalue weighted by Crippen LogP contribution is -2.38. The molecule has 0 spiro atoms. The predicted octanol–water partition coefficient (Wildman–Crippen LogP) is 4.56. The molecule has 0 aromatic heterocycles. The van der Waals surface area contributed by atoms with Crippen LogP contribution in [0.1, 0.15) is 56.1 Å². The number of hydrogen-bond donors (Lipinski definition) is 3. The fourth-order valence-electron chi connectivity index (χ4n) is 5.36. The van der Waals surface area contributed by atoms with Gasteiger partial charge in [0.15, 0.2) is 0 Å². The van der Waals surface area contributed by atoms with E-state index in [1.54, 1.807) is 6.92 Å². The van der Waals surface area contributed by atoms with Crippen LogP contribution in [0.5, 0.6) is 0 Å². The van der Waals surface area contributed by atoms with Gasteiger partial charge in [0.05, 0.1) is 5.92 Å². The molecule has 3 N–H and O–H groups in total. The number of fused-ring (bicyclic) bond motifs is 3. The maximum Gasteiger partial charge on any atom is 0.407 e. The van der Waals surface area contributed by atoms with Crippen molar-refractivity contribution in [2.24, 2.45) is 17.8 Å². The van der Waals surface area contributed by atoms with Crippen LogP contribution in [0.2, 0.25) is 0 Å². The Bertz CT molecular complexity index is 1020. The van der Waals surface area contributed by atoms with Crippen LogP contribution in [0, 0.1) is 17.8 Å². The molecule has 2 amide bonds. The smallest absolute Gasteiger partial charge is 0.407 e. The van der Waals surface area contributed by atoms with Crippen LogP contribution < -0.4 is 10.6 Å². The summed E-state index contributed by atoms with van der Waals surface area (Å²) in [6.45, 7) is 2.82. The Balaban J connectivity index is 1.23. The predicted molar refractivity (Wildman–Crippen MR) is 133 cm³/mol. The van der Waals surface area contributed by atoms with Crippen molar-refractivity contribution < 1.29 is 24.2 Å². The summed E-state index contributed by atoms with van der Waals surface area (Å²) >= 11 is 0. The Morgan fingerprint density at radius 3 is 2.31 bits per heavy atom. The van der Waals surface area contributed by atoms with E-state index >= 15 is 0 Å². The van der Waals surface area contributed by atoms with Gasteiger partial charge in [-0.3, -0.25) is 9.59 Å². The first-order valence-electron chi connectivity index (χ1n) is 12.5. The quantitative estimate of drug-likeness (QED) is 0.434. The van der Waals surface area contributed by atoms with E-state index in [0.717, 1.165) is 19.3 Å². The number of aliphatic carboxylic acids is 1. The molecule has 186 valence electrons. The molecule has 0 aliphatic heterocycles. The molecule has 0 bridgehead atoms. The molecular formula is C28H34N2O5. The first-order chi connectivity index (χ1) is 17.0. The zero-order valence-corrected chi connectivity index (χ0v) is 20.2. The monoisotopic (exact) mass is 478 g/mol. The second kappa shape index (κ2) is 11.4. The van der Waals surface area contributed by atoms with Gasteiger partial charge in [0, 0.05) is 24.9 Å². The molecule has 3 atom stereocenters. The summed E-state index contributed by atoms with van der Waals surface area (Å²) in [6, 6.07) is 16.5. The van der Waals surface area contributed by atoms with E-state index in [1.165, 1.54) is 22.3 Å². The van der Waals surface area contributed by atoms with Crippen molar-refractivity contribution in [2.45, 2.75) is 44.9 Å². The van der Waals surface area contributed by atoms with E-state index in [4.69, 9.17) is 9.84 Å². The van der Waals surface area contributed by atoms with Crippen LogP contribution in [0.15, 0.2) is 48.5 Å². The van der Waals surface area contributed by atoms with Crippen molar-refractivity contribution in [3.05, 3.63) is 59.7 Å². The van der Waals surface area contributed by atoms with Crippen molar-refractivity contribution in [3.63, 3.8) is 0 Å². The van der Waals surface area contributed by atoms with Crippen LogP contribution in [-0.2, 0) is 14.3 Å². The van der Waals surface area contributed by atoms with E-state index in [1.807, 2.05) is 24.3 Å². The number of carboxylic acid groups (broad SMARTS) is 1. The second-order valence-electron chi connectivity index (χ2n) is 9.68. The molecule has 1 saturated carbocycles. The van der Waals surface area contributed by atoms with Crippen LogP contribution in [0.25, 0.3) is 11.1 Å². The molecule has 2 aromatic carbocycles. The van der Waals surface area contributed by atoms with Crippen molar-refractivity contribution in [1.82, 2.24) is 10.6 Å². The van der Waals surface area contributed by atoms with E-state index in [2.05, 4.69) is 34.9 Å². The topological polar surface area (TPSA) is 105 Å². The third-order valence-electron chi connectivity index (χ3n) is 7.38. The van der Waals surface area contributed by atoms with Gasteiger partial charge in [-0.1, -0.05) is 61.9 Å². The number of ether oxygens (including phenoxy) is 1. The molecule has 1 unspecified atom stereocenters. The highest BCUT2D eigenvalue weighted by molar-refractivity contribution is 5.80. The first-order valence-corrected chi connectivity index (χ1v) is 12.5. The van der Waals surface area contributed by atoms with E-state index in [-0.39, 0.29) is 30.3 Å². The normalized spacial score (nSPS) is 19.5. The number of rotatable bonds is 10. The lowest BCUT2D eigenvalue weighted by molar-refractivity contribution is -0.141. The molecule has 7 nitrogen and oxygen atoms in total. The molecule has 0 saturated heterocycles. The maximum atomic E-state index is 12.6. The third-order valence-corrected chi connectivity index (χ3v) is 7.38. The van der Waals surface area contributed by atoms with Gasteiger partial charge in [-0.05, 0) is 53.9 Å². The largest absolute Gasteiger partial charge is 0.481 e. The average molecular weight is 479 g/mol. The molecule has 35 heavy (non-hydrogen) atoms. The first kappa shape index (κ1) is 24.8. The molecule has 2 aromatic rings. The third kappa shape index (κ3) is 5.84. The zero-order valence-electron chi connectivity index (χ0n) is 20.2. The molecule has 2 aliphatic rings. The summed E-state index contributed by atoms with van der Waals surface area (Å²) in [5, 5.41) is 14.8. The van der Waals surface area contributed by atoms with Gasteiger partial charge in [-0.25, -0.2) is 4.79 Å². The van der Waals surface area contributed by atoms with E-state index in [9.17, 15) is 14.4 Å². The van der Waals surface area contributed by atoms with Gasteiger partial charge in [0.1, 0.15) is 6.61 Å². The van der Waals surface area contributed by atoms with Gasteiger partial charge in [0.25, 0.3) is 0 Å². The molecule has 1 fully saturated rings. The highest BCUT2D eigenvalue weighted by Gasteiger charge is 2.33. The minimum atomic E-state index is -0.813. The zero-order chi connectivity index (χ0) is 24.8. The Labute approximate surface area is 206 Å². The van der Waals surface area contributed by atoms with Gasteiger partial charge in [-0.2, -0.15) is 0 Å². The summed E-state index contributed by atoms with van der Waals surface area (Å²) in [7, 11) is 0. The van der Waals surface area contributed by atoms with Crippen LogP contribution in [0.3, 0.4) is 0 Å². The number of nitrogens with one attached hydrogen (secondary N) is 2. The van der Waals surface area contributed by atoms with Gasteiger partial charge in [0.2, 0.25) is 5.91 Å². The Morgan fingerprint density at radius 1 is 1.00 bits per heavy atom. The van der Waals surface area contributed by atoms with Crippen LogP contribution >= 0.6 is 0 Å². The number of amides is 2. The Kier molecular flexibility index (Phi) is 8.06. The summed E-state index contributed by atoms with van der Waals surface area (Å²) in [5.41, 5.74) is 4.72. The fourth-order valence-corrected chi connectivity index (χ4v) is 5.36. The SMILES string of the molecule is CC(CCCNC(=O)[C@@H]1CCC[C@@H]1CNC(=O)OCC1c2ccccc2-c2ccccc21)C(=O)O. The molecule has 2 aliphatic carbocycles. The highest BCUT2D eigenvalue weighted by atomic mass is 16.5. The lowest BCUT2D eigenvalue weighted by atomic mass is 9.95. The van der Waals surface area contributed by atoms with Gasteiger partial charge in [-0.15, -0.1) is 0 Å². The molecular weight excluding hydrogens is 444 g/mol. The van der Waals surface area contributed by atoms with Gasteiger partial charge < -0.3 is 20.5 Å². The number of alkyl carbamates (subject to hydrolysis) is 1. The maximum absolute atomic E-state index is 12.6. The van der Waals surface area contributed by atoms with Crippen molar-refractivity contribution in [2.75, 3.05) is 19.7 Å². The number of hydrogen-bond acceptors (Lipinski definition) is 4. The number of carbonyl (C=O) groups excluding carboxylic acids is 2. The summed E-state index contributed by atoms with van der Waals surface area (Å²) in [5.74, 6) is -1.28. The molecule has 0 heterocycles. The van der Waals surface area contributed by atoms with Crippen molar-refractivity contribution in [1.29, 1.82) is 0 Å². The Morgan fingerprint density at radius 2 is 1.66 bits per heavy atom. The lowest BCUT2D eigenvalue weighted by Gasteiger charge is -2.20. The second-order valence-corrected chi connectivity index (χ2v) is 9.68. The summed E-state index contributed by atoms with van der Waals surface area (Å²) in [4.78, 5) is 36.1. The Hall–Kier alpha value is -3.35. The highest BCUT2D eigenvalue weighted by Crippen LogP contribution is 2.44. The van der Waals surface area contributed by atoms with Gasteiger partial charge >= 0.3 is 12.1 Å². The van der Waals surface area contributed by atoms with Crippen LogP contribution in [-0.4, -0.2) is 42.8 Å². The number of benzene rings is 2. The molecule has 4 rings (SSSR count). The average Bonchev–Trinajstić information content (AvgIpc) is 3.46. The van der Waals surface area contributed by atoms with E-state index < -0.39 is 18.0 Å². The number of carboxylic acids is 1. The van der Waals surface area contributed by atoms with E-state index in [0.29, 0.717) is 25.9 Å². The standard InChI is InChI=1S/C28H34N2O5/c1-18(27(32)33)8-7-15-29-26(31)20-14-6-9-19(20)16-30-28(34)35-17-25-23-12-4-2-10-21(23)22-11-3-5-13-24(22)25/h2-5,10-13,18-20,25H,6-9,14-17H2,1H3,(H,29,31)(H,30,34)(H,32,33)/t18?,19-,20-/m1/s1. The summed E-state index contributed by atoms with van der Waals surface area (Å²) < 4.78 is 5.62. The number of carbonyl (C=O) groups is 3. The molecule has 0 radical (unpaired) electrons. The minimum Gasteiger partial charge on any atom is -0.481 e.